The summed E-state index contributed by atoms with van der Waals surface area (Å²) in [6.07, 6.45) is 1.26. The van der Waals surface area contributed by atoms with Crippen molar-refractivity contribution in [2.24, 2.45) is 0 Å². The molecule has 0 spiro atoms. The van der Waals surface area contributed by atoms with Crippen molar-refractivity contribution in [1.29, 1.82) is 0 Å². The van der Waals surface area contributed by atoms with Crippen LogP contribution in [0.3, 0.4) is 0 Å². The van der Waals surface area contributed by atoms with Gasteiger partial charge in [0.15, 0.2) is 0 Å². The third-order valence-electron chi connectivity index (χ3n) is 1.85. The lowest BCUT2D eigenvalue weighted by molar-refractivity contribution is 0.896. The van der Waals surface area contributed by atoms with Crippen LogP contribution in [0.4, 0.5) is 0 Å². The van der Waals surface area contributed by atoms with Crippen molar-refractivity contribution in [3.05, 3.63) is 22.4 Å². The van der Waals surface area contributed by atoms with Gasteiger partial charge in [-0.15, -0.1) is 11.3 Å². The lowest BCUT2D eigenvalue weighted by atomic mass is 10.2. The summed E-state index contributed by atoms with van der Waals surface area (Å²) < 4.78 is 0. The van der Waals surface area contributed by atoms with Gasteiger partial charge in [-0.25, -0.2) is 0 Å². The molecule has 12 heavy (non-hydrogen) atoms. The molecule has 0 amide bonds. The highest BCUT2D eigenvalue weighted by Gasteiger charge is 2.18. The van der Waals surface area contributed by atoms with E-state index in [0.717, 1.165) is 5.25 Å². The predicted octanol–water partition coefficient (Wildman–Crippen LogP) is 2.11. The lowest BCUT2D eigenvalue weighted by Gasteiger charge is -2.04. The van der Waals surface area contributed by atoms with Crippen LogP contribution in [0.15, 0.2) is 17.5 Å². The van der Waals surface area contributed by atoms with Gasteiger partial charge in [0.25, 0.3) is 0 Å². The van der Waals surface area contributed by atoms with E-state index < -0.39 is 0 Å². The molecule has 1 aliphatic rings. The van der Waals surface area contributed by atoms with E-state index in [1.165, 1.54) is 21.6 Å². The fourth-order valence-corrected chi connectivity index (χ4v) is 6.60. The highest BCUT2D eigenvalue weighted by Crippen LogP contribution is 2.29. The summed E-state index contributed by atoms with van der Waals surface area (Å²) in [6, 6.07) is 4.38. The second-order valence-electron chi connectivity index (χ2n) is 2.70. The van der Waals surface area contributed by atoms with Crippen molar-refractivity contribution in [2.75, 3.05) is 0 Å². The zero-order chi connectivity index (χ0) is 8.39. The largest absolute Gasteiger partial charge is 0.171 e. The Morgan fingerprint density at radius 2 is 2.50 bits per heavy atom. The van der Waals surface area contributed by atoms with E-state index in [4.69, 9.17) is 12.2 Å². The average molecular weight is 234 g/mol. The molecule has 1 aromatic heterocycles. The summed E-state index contributed by atoms with van der Waals surface area (Å²) in [7, 11) is 3.04. The van der Waals surface area contributed by atoms with Crippen LogP contribution < -0.4 is 0 Å². The van der Waals surface area contributed by atoms with Crippen molar-refractivity contribution in [1.82, 2.24) is 0 Å². The molecule has 4 heteroatoms. The monoisotopic (exact) mass is 234 g/mol. The van der Waals surface area contributed by atoms with E-state index in [2.05, 4.69) is 17.5 Å². The quantitative estimate of drug-likeness (QED) is 0.584. The summed E-state index contributed by atoms with van der Waals surface area (Å²) in [5.74, 6) is 0. The molecule has 0 fully saturated rings. The number of thiophene rings is 1. The van der Waals surface area contributed by atoms with Crippen LogP contribution >= 0.6 is 23.6 Å². The van der Waals surface area contributed by atoms with Crippen molar-refractivity contribution >= 4 is 49.6 Å². The van der Waals surface area contributed by atoms with Gasteiger partial charge in [0, 0.05) is 15.4 Å². The maximum atomic E-state index is 4.96. The first-order chi connectivity index (χ1) is 5.90. The Balaban J connectivity index is 2.11. The van der Waals surface area contributed by atoms with Gasteiger partial charge in [-0.3, -0.25) is 0 Å². The Labute approximate surface area is 88.6 Å². The third kappa shape index (κ3) is 1.87. The molecule has 2 rings (SSSR count). The molecule has 2 heterocycles. The Bertz CT molecular complexity index is 288. The van der Waals surface area contributed by atoms with Crippen LogP contribution in [-0.2, 0) is 20.6 Å². The van der Waals surface area contributed by atoms with Gasteiger partial charge in [-0.05, 0) is 23.2 Å². The highest BCUT2D eigenvalue weighted by atomic mass is 32.8. The normalized spacial score (nSPS) is 29.0. The van der Waals surface area contributed by atoms with Crippen molar-refractivity contribution in [2.45, 2.75) is 16.9 Å². The molecule has 0 bridgehead atoms. The van der Waals surface area contributed by atoms with Gasteiger partial charge < -0.3 is 0 Å². The second-order valence-corrected chi connectivity index (χ2v) is 7.09. The first-order valence-electron chi connectivity index (χ1n) is 3.79. The fraction of sp³-hybridized carbons (Fsp3) is 0.375. The van der Waals surface area contributed by atoms with E-state index >= 15 is 0 Å². The van der Waals surface area contributed by atoms with Crippen molar-refractivity contribution in [3.63, 3.8) is 0 Å². The molecule has 0 aromatic carbocycles. The molecule has 0 N–H and O–H groups in total. The van der Waals surface area contributed by atoms with E-state index in [1.54, 1.807) is 10.3 Å². The number of hydrogen-bond acceptors (Lipinski definition) is 2. The number of rotatable bonds is 2. The molecule has 1 aromatic rings. The van der Waals surface area contributed by atoms with Gasteiger partial charge in [-0.1, -0.05) is 18.3 Å². The van der Waals surface area contributed by atoms with Gasteiger partial charge in [-0.2, -0.15) is 20.6 Å². The molecule has 0 nitrogen and oxygen atoms in total. The molecule has 2 atom stereocenters. The molecule has 0 radical (unpaired) electrons. The van der Waals surface area contributed by atoms with Gasteiger partial charge >= 0.3 is 0 Å². The van der Waals surface area contributed by atoms with Gasteiger partial charge in [0.05, 0.1) is 0 Å². The minimum Gasteiger partial charge on any atom is -0.171 e. The summed E-state index contributed by atoms with van der Waals surface area (Å²) in [4.78, 5) is 1.53. The average Bonchev–Trinajstić information content (AvgIpc) is 2.75. The van der Waals surface area contributed by atoms with Crippen LogP contribution in [0, 0.1) is 0 Å². The maximum Gasteiger partial charge on any atom is 0.0374 e. The van der Waals surface area contributed by atoms with Crippen LogP contribution in [0.25, 0.3) is 0 Å². The summed E-state index contributed by atoms with van der Waals surface area (Å²) in [5.41, 5.74) is 0. The first-order valence-corrected chi connectivity index (χ1v) is 7.77. The minimum atomic E-state index is 0.661. The molecule has 0 saturated heterocycles. The zero-order valence-corrected chi connectivity index (χ0v) is 9.80. The summed E-state index contributed by atoms with van der Waals surface area (Å²) in [6.45, 7) is 0. The molecular weight excluding hydrogens is 224 g/mol. The molecule has 1 aliphatic heterocycles. The van der Waals surface area contributed by atoms with Gasteiger partial charge in [0.2, 0.25) is 0 Å². The maximum absolute atomic E-state index is 4.96. The summed E-state index contributed by atoms with van der Waals surface area (Å²) >= 11 is 6.83. The van der Waals surface area contributed by atoms with Crippen molar-refractivity contribution in [3.8, 4) is 0 Å². The Hall–Kier alpha value is 0.490. The van der Waals surface area contributed by atoms with Crippen LogP contribution in [-0.4, -0.2) is 10.6 Å². The molecular formula is C8H10S4. The Morgan fingerprint density at radius 1 is 1.58 bits per heavy atom. The second kappa shape index (κ2) is 4.13. The van der Waals surface area contributed by atoms with E-state index in [-0.39, 0.29) is 0 Å². The summed E-state index contributed by atoms with van der Waals surface area (Å²) in [5, 5.41) is 5.51. The molecule has 2 unspecified atom stereocenters. The number of thiocarbonyl (C=S) groups is 1. The van der Waals surface area contributed by atoms with Crippen molar-refractivity contribution < 1.29 is 0 Å². The molecule has 0 saturated carbocycles. The topological polar surface area (TPSA) is 0 Å². The van der Waals surface area contributed by atoms with Crippen LogP contribution in [0.5, 0.6) is 0 Å². The highest BCUT2D eigenvalue weighted by molar-refractivity contribution is 8.28. The van der Waals surface area contributed by atoms with Gasteiger partial charge in [0.1, 0.15) is 0 Å². The number of thiol groups is 2. The Morgan fingerprint density at radius 3 is 3.08 bits per heavy atom. The zero-order valence-electron chi connectivity index (χ0n) is 6.38. The van der Waals surface area contributed by atoms with Crippen LogP contribution in [0.1, 0.15) is 16.5 Å². The first kappa shape index (κ1) is 9.06. The lowest BCUT2D eigenvalue weighted by Crippen LogP contribution is -2.02. The molecule has 0 aliphatic carbocycles. The SMILES string of the molecule is S=CC1CC(c2cccs2)[SH]=[SH]1. The minimum absolute atomic E-state index is 0.661. The molecule has 66 valence electrons. The number of hydrogen-bond donors (Lipinski definition) is 2. The van der Waals surface area contributed by atoms with E-state index in [9.17, 15) is 0 Å². The van der Waals surface area contributed by atoms with Crippen LogP contribution in [0.2, 0.25) is 0 Å². The van der Waals surface area contributed by atoms with E-state index in [0.29, 0.717) is 5.25 Å². The Kier molecular flexibility index (Phi) is 3.12. The standard InChI is InChI=1S/C8H10S4/c9-5-6-4-8(12-11-6)7-2-1-3-10-7/h1-3,5-6,8,11-12H,4H2. The van der Waals surface area contributed by atoms with E-state index in [1.807, 2.05) is 16.7 Å². The third-order valence-corrected chi connectivity index (χ3v) is 7.22. The predicted molar refractivity (Wildman–Crippen MR) is 66.6 cm³/mol. The fourth-order valence-electron chi connectivity index (χ4n) is 1.23. The smallest absolute Gasteiger partial charge is 0.0374 e.